The van der Waals surface area contributed by atoms with E-state index in [2.05, 4.69) is 35.5 Å². The Morgan fingerprint density at radius 3 is 2.64 bits per heavy atom. The zero-order valence-corrected chi connectivity index (χ0v) is 8.83. The van der Waals surface area contributed by atoms with Crippen LogP contribution in [0.2, 0.25) is 19.6 Å². The third-order valence-electron chi connectivity index (χ3n) is 0.999. The fourth-order valence-electron chi connectivity index (χ4n) is 0.529. The van der Waals surface area contributed by atoms with E-state index in [-0.39, 0.29) is 0 Å². The average Bonchev–Trinajstić information content (AvgIpc) is 2.32. The standard InChI is InChI=1S/C8H11NSSi/c1-11(2,3)7-5-8-4-6-9-10-8/h4,6H,1-3H3. The van der Waals surface area contributed by atoms with Gasteiger partial charge in [-0.1, -0.05) is 25.6 Å². The fraction of sp³-hybridized carbons (Fsp3) is 0.375. The molecule has 0 aliphatic rings. The van der Waals surface area contributed by atoms with Crippen molar-refractivity contribution in [1.29, 1.82) is 0 Å². The summed E-state index contributed by atoms with van der Waals surface area (Å²) in [7, 11) is -1.20. The van der Waals surface area contributed by atoms with Gasteiger partial charge in [-0.05, 0) is 17.6 Å². The van der Waals surface area contributed by atoms with Crippen molar-refractivity contribution in [3.8, 4) is 11.5 Å². The molecule has 1 nitrogen and oxygen atoms in total. The normalized spacial score (nSPS) is 10.5. The Bertz CT molecular complexity index is 273. The van der Waals surface area contributed by atoms with E-state index in [0.717, 1.165) is 4.88 Å². The summed E-state index contributed by atoms with van der Waals surface area (Å²) < 4.78 is 3.98. The smallest absolute Gasteiger partial charge is 0.129 e. The maximum atomic E-state index is 3.98. The molecule has 0 aromatic carbocycles. The Labute approximate surface area is 72.6 Å². The van der Waals surface area contributed by atoms with E-state index in [1.54, 1.807) is 6.20 Å². The van der Waals surface area contributed by atoms with Crippen LogP contribution in [0.4, 0.5) is 0 Å². The van der Waals surface area contributed by atoms with Crippen LogP contribution < -0.4 is 0 Å². The minimum absolute atomic E-state index is 1.08. The molecule has 0 spiro atoms. The van der Waals surface area contributed by atoms with Crippen molar-refractivity contribution in [3.63, 3.8) is 0 Å². The maximum Gasteiger partial charge on any atom is 0.129 e. The van der Waals surface area contributed by atoms with Gasteiger partial charge in [0, 0.05) is 6.20 Å². The zero-order valence-electron chi connectivity index (χ0n) is 7.01. The quantitative estimate of drug-likeness (QED) is 0.442. The molecule has 1 aromatic heterocycles. The lowest BCUT2D eigenvalue weighted by atomic mass is 10.5. The van der Waals surface area contributed by atoms with E-state index in [0.29, 0.717) is 0 Å². The summed E-state index contributed by atoms with van der Waals surface area (Å²) in [6.45, 7) is 6.71. The largest absolute Gasteiger partial charge is 0.200 e. The van der Waals surface area contributed by atoms with Crippen LogP contribution in [0.3, 0.4) is 0 Å². The molecular weight excluding hydrogens is 170 g/mol. The van der Waals surface area contributed by atoms with Crippen molar-refractivity contribution < 1.29 is 0 Å². The lowest BCUT2D eigenvalue weighted by molar-refractivity contribution is 1.58. The van der Waals surface area contributed by atoms with Crippen LogP contribution in [0.1, 0.15) is 4.88 Å². The van der Waals surface area contributed by atoms with Crippen LogP contribution in [0.25, 0.3) is 0 Å². The van der Waals surface area contributed by atoms with Gasteiger partial charge in [-0.25, -0.2) is 0 Å². The van der Waals surface area contributed by atoms with Gasteiger partial charge in [-0.2, -0.15) is 4.37 Å². The van der Waals surface area contributed by atoms with Crippen LogP contribution in [0.15, 0.2) is 12.3 Å². The molecule has 11 heavy (non-hydrogen) atoms. The Balaban J connectivity index is 2.74. The highest BCUT2D eigenvalue weighted by molar-refractivity contribution is 7.06. The van der Waals surface area contributed by atoms with Gasteiger partial charge in [-0.15, -0.1) is 5.54 Å². The number of hydrogen-bond acceptors (Lipinski definition) is 2. The molecule has 0 saturated carbocycles. The van der Waals surface area contributed by atoms with Gasteiger partial charge in [-0.3, -0.25) is 0 Å². The summed E-state index contributed by atoms with van der Waals surface area (Å²) in [5, 5.41) is 0. The first-order valence-corrected chi connectivity index (χ1v) is 7.79. The molecule has 0 fully saturated rings. The first-order valence-electron chi connectivity index (χ1n) is 3.52. The van der Waals surface area contributed by atoms with Crippen molar-refractivity contribution in [2.24, 2.45) is 0 Å². The molecule has 58 valence electrons. The summed E-state index contributed by atoms with van der Waals surface area (Å²) in [5.74, 6) is 3.13. The molecule has 0 unspecified atom stereocenters. The maximum absolute atomic E-state index is 3.98. The minimum Gasteiger partial charge on any atom is -0.200 e. The summed E-state index contributed by atoms with van der Waals surface area (Å²) in [4.78, 5) is 1.08. The van der Waals surface area contributed by atoms with Crippen LogP contribution >= 0.6 is 11.5 Å². The van der Waals surface area contributed by atoms with E-state index >= 15 is 0 Å². The van der Waals surface area contributed by atoms with Crippen molar-refractivity contribution in [2.45, 2.75) is 19.6 Å². The summed E-state index contributed by atoms with van der Waals surface area (Å²) >= 11 is 1.46. The van der Waals surface area contributed by atoms with Gasteiger partial charge < -0.3 is 0 Å². The molecule has 0 aliphatic heterocycles. The Morgan fingerprint density at radius 1 is 1.45 bits per heavy atom. The van der Waals surface area contributed by atoms with Gasteiger partial charge in [0.25, 0.3) is 0 Å². The number of rotatable bonds is 0. The molecule has 0 atom stereocenters. The zero-order chi connectivity index (χ0) is 8.32. The third kappa shape index (κ3) is 3.35. The van der Waals surface area contributed by atoms with Crippen LogP contribution in [-0.2, 0) is 0 Å². The van der Waals surface area contributed by atoms with Crippen molar-refractivity contribution >= 4 is 19.6 Å². The second kappa shape index (κ2) is 3.20. The molecule has 3 heteroatoms. The van der Waals surface area contributed by atoms with E-state index in [1.165, 1.54) is 11.5 Å². The average molecular weight is 181 g/mol. The van der Waals surface area contributed by atoms with E-state index in [1.807, 2.05) is 6.07 Å². The van der Waals surface area contributed by atoms with Crippen LogP contribution in [0, 0.1) is 11.5 Å². The highest BCUT2D eigenvalue weighted by Crippen LogP contribution is 2.03. The molecule has 0 N–H and O–H groups in total. The Kier molecular flexibility index (Phi) is 2.48. The van der Waals surface area contributed by atoms with E-state index < -0.39 is 8.07 Å². The summed E-state index contributed by atoms with van der Waals surface area (Å²) in [6, 6.07) is 1.96. The molecule has 0 aliphatic carbocycles. The topological polar surface area (TPSA) is 12.9 Å². The van der Waals surface area contributed by atoms with Crippen LogP contribution in [0.5, 0.6) is 0 Å². The predicted octanol–water partition coefficient (Wildman–Crippen LogP) is 2.37. The van der Waals surface area contributed by atoms with Gasteiger partial charge >= 0.3 is 0 Å². The molecule has 1 heterocycles. The molecule has 1 aromatic rings. The first-order chi connectivity index (χ1) is 5.08. The lowest BCUT2D eigenvalue weighted by Crippen LogP contribution is -2.16. The number of aromatic nitrogens is 1. The molecule has 0 bridgehead atoms. The van der Waals surface area contributed by atoms with Gasteiger partial charge in [0.2, 0.25) is 0 Å². The molecule has 0 saturated heterocycles. The molecule has 0 radical (unpaired) electrons. The molecular formula is C8H11NSSi. The third-order valence-corrected chi connectivity index (χ3v) is 2.54. The molecule has 1 rings (SSSR count). The van der Waals surface area contributed by atoms with Gasteiger partial charge in [0.1, 0.15) is 8.07 Å². The number of hydrogen-bond donors (Lipinski definition) is 0. The van der Waals surface area contributed by atoms with Crippen molar-refractivity contribution in [1.82, 2.24) is 4.37 Å². The summed E-state index contributed by atoms with van der Waals surface area (Å²) in [5.41, 5.74) is 3.28. The fourth-order valence-corrected chi connectivity index (χ4v) is 1.58. The Hall–Kier alpha value is -0.593. The first kappa shape index (κ1) is 8.50. The Morgan fingerprint density at radius 2 is 2.18 bits per heavy atom. The number of nitrogens with zero attached hydrogens (tertiary/aromatic N) is 1. The van der Waals surface area contributed by atoms with Crippen molar-refractivity contribution in [2.75, 3.05) is 0 Å². The highest BCUT2D eigenvalue weighted by Gasteiger charge is 2.07. The van der Waals surface area contributed by atoms with Crippen molar-refractivity contribution in [3.05, 3.63) is 17.1 Å². The highest BCUT2D eigenvalue weighted by atomic mass is 32.1. The van der Waals surface area contributed by atoms with E-state index in [4.69, 9.17) is 0 Å². The second-order valence-corrected chi connectivity index (χ2v) is 8.96. The van der Waals surface area contributed by atoms with Crippen LogP contribution in [-0.4, -0.2) is 12.4 Å². The molecule has 0 amide bonds. The predicted molar refractivity (Wildman–Crippen MR) is 52.3 cm³/mol. The van der Waals surface area contributed by atoms with Gasteiger partial charge in [0.05, 0.1) is 4.88 Å². The van der Waals surface area contributed by atoms with E-state index in [9.17, 15) is 0 Å². The second-order valence-electron chi connectivity index (χ2n) is 3.38. The lowest BCUT2D eigenvalue weighted by Gasteiger charge is -2.02. The summed E-state index contributed by atoms with van der Waals surface area (Å²) in [6.07, 6.45) is 1.79. The monoisotopic (exact) mass is 181 g/mol. The minimum atomic E-state index is -1.20. The van der Waals surface area contributed by atoms with Gasteiger partial charge in [0.15, 0.2) is 0 Å². The SMILES string of the molecule is C[Si](C)(C)C#Cc1ccns1.